The lowest BCUT2D eigenvalue weighted by Gasteiger charge is -1.99. The van der Waals surface area contributed by atoms with Gasteiger partial charge in [-0.3, -0.25) is 4.79 Å². The summed E-state index contributed by atoms with van der Waals surface area (Å²) in [5, 5.41) is 2.04. The van der Waals surface area contributed by atoms with Crippen LogP contribution in [0.2, 0.25) is 0 Å². The van der Waals surface area contributed by atoms with Crippen LogP contribution in [0.5, 0.6) is 0 Å². The highest BCUT2D eigenvalue weighted by atomic mass is 79.9. The fourth-order valence-corrected chi connectivity index (χ4v) is 1.71. The van der Waals surface area contributed by atoms with Crippen molar-refractivity contribution in [1.82, 2.24) is 4.98 Å². The molecule has 13 heavy (non-hydrogen) atoms. The van der Waals surface area contributed by atoms with Crippen LogP contribution in [0, 0.1) is 0 Å². The molecule has 0 fully saturated rings. The molecule has 1 aromatic carbocycles. The summed E-state index contributed by atoms with van der Waals surface area (Å²) in [5.41, 5.74) is 0.686. The molecule has 1 heterocycles. The molecule has 0 unspecified atom stereocenters. The number of aromatic nitrogens is 1. The van der Waals surface area contributed by atoms with E-state index >= 15 is 0 Å². The molecule has 2 nitrogen and oxygen atoms in total. The Balaban J connectivity index is 2.79. The summed E-state index contributed by atoms with van der Waals surface area (Å²) in [4.78, 5) is 14.6. The molecule has 0 saturated heterocycles. The zero-order chi connectivity index (χ0) is 9.26. The molecule has 0 radical (unpaired) electrons. The molecule has 2 rings (SSSR count). The molecule has 0 bridgehead atoms. The second kappa shape index (κ2) is 3.26. The standard InChI is InChI=1S/C10H6BrNO/c11-10-9-2-1-7(6-13)5-8(9)3-4-12-10/h1-6H. The SMILES string of the molecule is O=Cc1ccc2c(Br)nccc2c1. The van der Waals surface area contributed by atoms with Gasteiger partial charge < -0.3 is 0 Å². The van der Waals surface area contributed by atoms with Crippen LogP contribution in [0.25, 0.3) is 10.8 Å². The van der Waals surface area contributed by atoms with Gasteiger partial charge in [-0.05, 0) is 33.4 Å². The third-order valence-corrected chi connectivity index (χ3v) is 2.51. The van der Waals surface area contributed by atoms with Crippen LogP contribution in [-0.4, -0.2) is 11.3 Å². The predicted octanol–water partition coefficient (Wildman–Crippen LogP) is 2.81. The van der Waals surface area contributed by atoms with Crippen LogP contribution in [0.3, 0.4) is 0 Å². The maximum Gasteiger partial charge on any atom is 0.150 e. The highest BCUT2D eigenvalue weighted by Crippen LogP contribution is 2.21. The van der Waals surface area contributed by atoms with Gasteiger partial charge in [0, 0.05) is 17.1 Å². The average molecular weight is 236 g/mol. The molecular weight excluding hydrogens is 230 g/mol. The maximum atomic E-state index is 10.5. The number of halogens is 1. The van der Waals surface area contributed by atoms with E-state index in [1.807, 2.05) is 18.2 Å². The van der Waals surface area contributed by atoms with Crippen LogP contribution in [0.15, 0.2) is 35.1 Å². The van der Waals surface area contributed by atoms with E-state index in [-0.39, 0.29) is 0 Å². The number of benzene rings is 1. The summed E-state index contributed by atoms with van der Waals surface area (Å²) in [5.74, 6) is 0. The summed E-state index contributed by atoms with van der Waals surface area (Å²) in [6.45, 7) is 0. The van der Waals surface area contributed by atoms with Gasteiger partial charge in [0.2, 0.25) is 0 Å². The summed E-state index contributed by atoms with van der Waals surface area (Å²) >= 11 is 3.34. The Bertz CT molecular complexity index is 467. The predicted molar refractivity (Wildman–Crippen MR) is 54.8 cm³/mol. The van der Waals surface area contributed by atoms with E-state index in [9.17, 15) is 4.79 Å². The number of rotatable bonds is 1. The summed E-state index contributed by atoms with van der Waals surface area (Å²) in [7, 11) is 0. The zero-order valence-electron chi connectivity index (χ0n) is 6.70. The van der Waals surface area contributed by atoms with Crippen molar-refractivity contribution in [2.45, 2.75) is 0 Å². The van der Waals surface area contributed by atoms with E-state index in [2.05, 4.69) is 20.9 Å². The normalized spacial score (nSPS) is 10.2. The third kappa shape index (κ3) is 1.47. The first kappa shape index (κ1) is 8.38. The molecular formula is C10H6BrNO. The number of hydrogen-bond acceptors (Lipinski definition) is 2. The van der Waals surface area contributed by atoms with Gasteiger partial charge in [0.25, 0.3) is 0 Å². The zero-order valence-corrected chi connectivity index (χ0v) is 8.28. The van der Waals surface area contributed by atoms with E-state index < -0.39 is 0 Å². The van der Waals surface area contributed by atoms with Crippen LogP contribution >= 0.6 is 15.9 Å². The minimum atomic E-state index is 0.686. The quantitative estimate of drug-likeness (QED) is 0.562. The Kier molecular flexibility index (Phi) is 2.10. The first-order valence-corrected chi connectivity index (χ1v) is 4.60. The van der Waals surface area contributed by atoms with Crippen molar-refractivity contribution in [3.05, 3.63) is 40.6 Å². The van der Waals surface area contributed by atoms with E-state index in [0.29, 0.717) is 5.56 Å². The highest BCUT2D eigenvalue weighted by molar-refractivity contribution is 9.10. The van der Waals surface area contributed by atoms with Crippen molar-refractivity contribution in [2.24, 2.45) is 0 Å². The number of carbonyl (C=O) groups is 1. The molecule has 0 atom stereocenters. The first-order valence-electron chi connectivity index (χ1n) is 3.81. The number of fused-ring (bicyclic) bond motifs is 1. The van der Waals surface area contributed by atoms with Crippen LogP contribution in [-0.2, 0) is 0 Å². The van der Waals surface area contributed by atoms with Crippen molar-refractivity contribution < 1.29 is 4.79 Å². The van der Waals surface area contributed by atoms with Gasteiger partial charge in [0.15, 0.2) is 0 Å². The van der Waals surface area contributed by atoms with E-state index in [1.54, 1.807) is 12.3 Å². The molecule has 1 aromatic heterocycles. The van der Waals surface area contributed by atoms with Gasteiger partial charge >= 0.3 is 0 Å². The lowest BCUT2D eigenvalue weighted by atomic mass is 10.1. The van der Waals surface area contributed by atoms with E-state index in [0.717, 1.165) is 21.7 Å². The molecule has 0 amide bonds. The topological polar surface area (TPSA) is 30.0 Å². The van der Waals surface area contributed by atoms with Gasteiger partial charge in [-0.25, -0.2) is 4.98 Å². The van der Waals surface area contributed by atoms with E-state index in [4.69, 9.17) is 0 Å². The lowest BCUT2D eigenvalue weighted by molar-refractivity contribution is 0.112. The second-order valence-corrected chi connectivity index (χ2v) is 3.45. The van der Waals surface area contributed by atoms with Gasteiger partial charge in [-0.2, -0.15) is 0 Å². The minimum Gasteiger partial charge on any atom is -0.298 e. The average Bonchev–Trinajstić information content (AvgIpc) is 2.18. The lowest BCUT2D eigenvalue weighted by Crippen LogP contribution is -1.82. The smallest absolute Gasteiger partial charge is 0.150 e. The molecule has 0 saturated carbocycles. The number of nitrogens with zero attached hydrogens (tertiary/aromatic N) is 1. The molecule has 0 N–H and O–H groups in total. The van der Waals surface area contributed by atoms with Crippen LogP contribution < -0.4 is 0 Å². The maximum absolute atomic E-state index is 10.5. The Hall–Kier alpha value is -1.22. The highest BCUT2D eigenvalue weighted by Gasteiger charge is 1.99. The Morgan fingerprint density at radius 3 is 2.92 bits per heavy atom. The summed E-state index contributed by atoms with van der Waals surface area (Å²) < 4.78 is 0.808. The number of aldehydes is 1. The third-order valence-electron chi connectivity index (χ3n) is 1.88. The van der Waals surface area contributed by atoms with Crippen LogP contribution in [0.4, 0.5) is 0 Å². The number of carbonyl (C=O) groups excluding carboxylic acids is 1. The van der Waals surface area contributed by atoms with Crippen molar-refractivity contribution in [2.75, 3.05) is 0 Å². The minimum absolute atomic E-state index is 0.686. The van der Waals surface area contributed by atoms with Gasteiger partial charge in [-0.1, -0.05) is 12.1 Å². The van der Waals surface area contributed by atoms with Crippen molar-refractivity contribution in [3.8, 4) is 0 Å². The number of pyridine rings is 1. The Morgan fingerprint density at radius 2 is 2.15 bits per heavy atom. The number of hydrogen-bond donors (Lipinski definition) is 0. The molecule has 3 heteroatoms. The molecule has 0 aliphatic carbocycles. The monoisotopic (exact) mass is 235 g/mol. The molecule has 0 spiro atoms. The summed E-state index contributed by atoms with van der Waals surface area (Å²) in [6.07, 6.45) is 2.55. The van der Waals surface area contributed by atoms with Gasteiger partial charge in [0.1, 0.15) is 10.9 Å². The fourth-order valence-electron chi connectivity index (χ4n) is 1.23. The van der Waals surface area contributed by atoms with Crippen molar-refractivity contribution in [1.29, 1.82) is 0 Å². The largest absolute Gasteiger partial charge is 0.298 e. The van der Waals surface area contributed by atoms with Gasteiger partial charge in [0.05, 0.1) is 0 Å². The fraction of sp³-hybridized carbons (Fsp3) is 0. The Labute approximate surface area is 83.7 Å². The van der Waals surface area contributed by atoms with Crippen molar-refractivity contribution >= 4 is 33.0 Å². The Morgan fingerprint density at radius 1 is 1.31 bits per heavy atom. The van der Waals surface area contributed by atoms with E-state index in [1.165, 1.54) is 0 Å². The molecule has 0 aliphatic heterocycles. The van der Waals surface area contributed by atoms with Gasteiger partial charge in [-0.15, -0.1) is 0 Å². The molecule has 2 aromatic rings. The molecule has 64 valence electrons. The van der Waals surface area contributed by atoms with Crippen molar-refractivity contribution in [3.63, 3.8) is 0 Å². The summed E-state index contributed by atoms with van der Waals surface area (Å²) in [6, 6.07) is 7.39. The van der Waals surface area contributed by atoms with Crippen LogP contribution in [0.1, 0.15) is 10.4 Å². The second-order valence-electron chi connectivity index (χ2n) is 2.70. The molecule has 0 aliphatic rings. The first-order chi connectivity index (χ1) is 6.31.